The van der Waals surface area contributed by atoms with E-state index < -0.39 is 0 Å². The molecule has 1 fully saturated rings. The van der Waals surface area contributed by atoms with Crippen LogP contribution < -0.4 is 16.4 Å². The highest BCUT2D eigenvalue weighted by atomic mass is 16.1. The van der Waals surface area contributed by atoms with Gasteiger partial charge in [0, 0.05) is 6.54 Å². The van der Waals surface area contributed by atoms with Crippen LogP contribution in [0.15, 0.2) is 18.3 Å². The molecule has 1 unspecified atom stereocenters. The minimum absolute atomic E-state index is 0.180. The van der Waals surface area contributed by atoms with E-state index in [0.29, 0.717) is 5.82 Å². The van der Waals surface area contributed by atoms with Crippen molar-refractivity contribution in [1.82, 2.24) is 4.98 Å². The van der Waals surface area contributed by atoms with Crippen molar-refractivity contribution < 1.29 is 4.79 Å². The zero-order valence-electron chi connectivity index (χ0n) is 7.68. The molecule has 74 valence electrons. The second kappa shape index (κ2) is 3.17. The van der Waals surface area contributed by atoms with Crippen molar-refractivity contribution in [1.29, 1.82) is 0 Å². The van der Waals surface area contributed by atoms with Crippen LogP contribution in [0.25, 0.3) is 0 Å². The molecule has 0 aromatic carbocycles. The van der Waals surface area contributed by atoms with Crippen LogP contribution >= 0.6 is 0 Å². The molecule has 14 heavy (non-hydrogen) atoms. The Labute approximate surface area is 81.7 Å². The second-order valence-electron chi connectivity index (χ2n) is 3.34. The van der Waals surface area contributed by atoms with Crippen molar-refractivity contribution in [3.8, 4) is 0 Å². The smallest absolute Gasteiger partial charge is 0.240 e. The number of nitrogens with two attached hydrogens (primary N) is 2. The summed E-state index contributed by atoms with van der Waals surface area (Å²) in [7, 11) is 0. The highest BCUT2D eigenvalue weighted by Gasteiger charge is 2.32. The number of pyridine rings is 1. The minimum atomic E-state index is -0.284. The standard InChI is InChI=1S/C9H12N4O/c10-8-2-1-6(5-12-8)13-4-3-7(13)9(11)14/h1-2,5,7H,3-4H2,(H2,10,12)(H2,11,14). The Morgan fingerprint density at radius 1 is 1.57 bits per heavy atom. The molecule has 0 bridgehead atoms. The van der Waals surface area contributed by atoms with Gasteiger partial charge in [-0.3, -0.25) is 4.79 Å². The topological polar surface area (TPSA) is 85.2 Å². The van der Waals surface area contributed by atoms with E-state index in [1.54, 1.807) is 12.3 Å². The third kappa shape index (κ3) is 1.37. The number of hydrogen-bond acceptors (Lipinski definition) is 4. The van der Waals surface area contributed by atoms with Crippen LogP contribution in [0.5, 0.6) is 0 Å². The molecule has 2 rings (SSSR count). The average Bonchev–Trinajstić information content (AvgIpc) is 2.05. The van der Waals surface area contributed by atoms with Gasteiger partial charge in [0.2, 0.25) is 5.91 Å². The summed E-state index contributed by atoms with van der Waals surface area (Å²) in [6.07, 6.45) is 2.48. The average molecular weight is 192 g/mol. The van der Waals surface area contributed by atoms with Crippen LogP contribution in [0.4, 0.5) is 11.5 Å². The van der Waals surface area contributed by atoms with E-state index in [4.69, 9.17) is 11.5 Å². The normalized spacial score (nSPS) is 20.3. The molecule has 1 atom stereocenters. The Balaban J connectivity index is 2.16. The molecule has 4 N–H and O–H groups in total. The molecule has 0 saturated carbocycles. The van der Waals surface area contributed by atoms with Crippen molar-refractivity contribution in [3.63, 3.8) is 0 Å². The third-order valence-corrected chi connectivity index (χ3v) is 2.45. The molecule has 5 nitrogen and oxygen atoms in total. The number of primary amides is 1. The van der Waals surface area contributed by atoms with Gasteiger partial charge in [-0.25, -0.2) is 4.98 Å². The summed E-state index contributed by atoms with van der Waals surface area (Å²) in [5, 5.41) is 0. The zero-order chi connectivity index (χ0) is 10.1. The summed E-state index contributed by atoms with van der Waals surface area (Å²) in [4.78, 5) is 16.9. The van der Waals surface area contributed by atoms with Crippen LogP contribution in [0, 0.1) is 0 Å². The lowest BCUT2D eigenvalue weighted by Gasteiger charge is -2.40. The number of nitrogen functional groups attached to an aromatic ring is 1. The predicted molar refractivity (Wildman–Crippen MR) is 53.6 cm³/mol. The van der Waals surface area contributed by atoms with Crippen LogP contribution in [0.1, 0.15) is 6.42 Å². The van der Waals surface area contributed by atoms with Crippen LogP contribution in [0.2, 0.25) is 0 Å². The van der Waals surface area contributed by atoms with Crippen molar-refractivity contribution in [2.24, 2.45) is 5.73 Å². The molecule has 1 aromatic heterocycles. The molecule has 2 heterocycles. The summed E-state index contributed by atoms with van der Waals surface area (Å²) in [5.41, 5.74) is 11.6. The molecule has 1 saturated heterocycles. The first-order chi connectivity index (χ1) is 6.68. The number of carbonyl (C=O) groups is 1. The van der Waals surface area contributed by atoms with Gasteiger partial charge < -0.3 is 16.4 Å². The van der Waals surface area contributed by atoms with E-state index in [2.05, 4.69) is 4.98 Å². The molecule has 0 spiro atoms. The highest BCUT2D eigenvalue weighted by molar-refractivity contribution is 5.85. The first-order valence-corrected chi connectivity index (χ1v) is 4.46. The molecular formula is C9H12N4O. The van der Waals surface area contributed by atoms with E-state index in [1.807, 2.05) is 11.0 Å². The van der Waals surface area contributed by atoms with Crippen LogP contribution in [-0.4, -0.2) is 23.5 Å². The highest BCUT2D eigenvalue weighted by Crippen LogP contribution is 2.25. The van der Waals surface area contributed by atoms with Gasteiger partial charge >= 0.3 is 0 Å². The molecular weight excluding hydrogens is 180 g/mol. The Morgan fingerprint density at radius 2 is 2.36 bits per heavy atom. The van der Waals surface area contributed by atoms with Gasteiger partial charge in [-0.15, -0.1) is 0 Å². The lowest BCUT2D eigenvalue weighted by atomic mass is 10.0. The molecule has 0 aliphatic carbocycles. The Hall–Kier alpha value is -1.78. The van der Waals surface area contributed by atoms with Gasteiger partial charge in [-0.05, 0) is 18.6 Å². The van der Waals surface area contributed by atoms with E-state index in [1.165, 1.54) is 0 Å². The summed E-state index contributed by atoms with van der Waals surface area (Å²) in [5.74, 6) is 0.193. The molecule has 5 heteroatoms. The number of hydrogen-bond donors (Lipinski definition) is 2. The quantitative estimate of drug-likeness (QED) is 0.675. The first kappa shape index (κ1) is 8.80. The zero-order valence-corrected chi connectivity index (χ0v) is 7.68. The van der Waals surface area contributed by atoms with Crippen molar-refractivity contribution in [2.75, 3.05) is 17.2 Å². The monoisotopic (exact) mass is 192 g/mol. The van der Waals surface area contributed by atoms with E-state index >= 15 is 0 Å². The minimum Gasteiger partial charge on any atom is -0.384 e. The van der Waals surface area contributed by atoms with Crippen molar-refractivity contribution in [3.05, 3.63) is 18.3 Å². The maximum atomic E-state index is 11.0. The summed E-state index contributed by atoms with van der Waals surface area (Å²) in [6.45, 7) is 0.846. The van der Waals surface area contributed by atoms with Gasteiger partial charge in [0.1, 0.15) is 11.9 Å². The summed E-state index contributed by atoms with van der Waals surface area (Å²) >= 11 is 0. The maximum Gasteiger partial charge on any atom is 0.240 e. The Morgan fingerprint density at radius 3 is 2.79 bits per heavy atom. The number of nitrogens with zero attached hydrogens (tertiary/aromatic N) is 2. The van der Waals surface area contributed by atoms with Gasteiger partial charge in [-0.2, -0.15) is 0 Å². The molecule has 0 radical (unpaired) electrons. The molecule has 1 aromatic rings. The summed E-state index contributed by atoms with van der Waals surface area (Å²) in [6, 6.07) is 3.38. The Bertz CT molecular complexity index is 348. The Kier molecular flexibility index (Phi) is 1.99. The predicted octanol–water partition coefficient (Wildman–Crippen LogP) is -0.272. The third-order valence-electron chi connectivity index (χ3n) is 2.45. The molecule has 1 aliphatic rings. The fourth-order valence-electron chi connectivity index (χ4n) is 1.56. The van der Waals surface area contributed by atoms with E-state index in [-0.39, 0.29) is 11.9 Å². The van der Waals surface area contributed by atoms with Crippen LogP contribution in [-0.2, 0) is 4.79 Å². The van der Waals surface area contributed by atoms with Crippen molar-refractivity contribution in [2.45, 2.75) is 12.5 Å². The van der Waals surface area contributed by atoms with Gasteiger partial charge in [0.05, 0.1) is 11.9 Å². The SMILES string of the molecule is NC(=O)C1CCN1c1ccc(N)nc1. The van der Waals surface area contributed by atoms with Gasteiger partial charge in [-0.1, -0.05) is 0 Å². The fourth-order valence-corrected chi connectivity index (χ4v) is 1.56. The van der Waals surface area contributed by atoms with Crippen molar-refractivity contribution >= 4 is 17.4 Å². The van der Waals surface area contributed by atoms with E-state index in [0.717, 1.165) is 18.7 Å². The lowest BCUT2D eigenvalue weighted by Crippen LogP contribution is -2.55. The number of amides is 1. The van der Waals surface area contributed by atoms with Gasteiger partial charge in [0.25, 0.3) is 0 Å². The fraction of sp³-hybridized carbons (Fsp3) is 0.333. The van der Waals surface area contributed by atoms with E-state index in [9.17, 15) is 4.79 Å². The number of anilines is 2. The number of aromatic nitrogens is 1. The second-order valence-corrected chi connectivity index (χ2v) is 3.34. The molecule has 1 amide bonds. The maximum absolute atomic E-state index is 11.0. The van der Waals surface area contributed by atoms with Crippen LogP contribution in [0.3, 0.4) is 0 Å². The number of rotatable bonds is 2. The first-order valence-electron chi connectivity index (χ1n) is 4.46. The number of carbonyl (C=O) groups excluding carboxylic acids is 1. The summed E-state index contributed by atoms with van der Waals surface area (Å²) < 4.78 is 0. The van der Waals surface area contributed by atoms with Gasteiger partial charge in [0.15, 0.2) is 0 Å². The lowest BCUT2D eigenvalue weighted by molar-refractivity contribution is -0.120. The largest absolute Gasteiger partial charge is 0.384 e. The molecule has 1 aliphatic heterocycles.